The molecule has 1 atom stereocenters. The molecular formula is C27H33N4O5S+. The van der Waals surface area contributed by atoms with Crippen molar-refractivity contribution < 1.29 is 23.7 Å². The van der Waals surface area contributed by atoms with E-state index in [1.54, 1.807) is 22.8 Å². The Morgan fingerprint density at radius 3 is 2.49 bits per heavy atom. The number of H-pyrrole nitrogens is 1. The number of aromatic nitrogens is 3. The second-order valence-electron chi connectivity index (χ2n) is 8.66. The van der Waals surface area contributed by atoms with Gasteiger partial charge >= 0.3 is 11.3 Å². The van der Waals surface area contributed by atoms with Crippen LogP contribution in [0.1, 0.15) is 51.3 Å². The zero-order valence-electron chi connectivity index (χ0n) is 21.9. The van der Waals surface area contributed by atoms with Crippen LogP contribution in [0.15, 0.2) is 46.3 Å². The van der Waals surface area contributed by atoms with E-state index in [9.17, 15) is 9.59 Å². The van der Waals surface area contributed by atoms with Crippen LogP contribution < -0.4 is 29.4 Å². The molecule has 1 aliphatic heterocycles. The molecule has 0 spiro atoms. The van der Waals surface area contributed by atoms with Gasteiger partial charge in [-0.1, -0.05) is 50.1 Å². The number of thioether (sulfide) groups is 1. The minimum absolute atomic E-state index is 0.205. The molecule has 9 nitrogen and oxygen atoms in total. The number of benzene rings is 2. The summed E-state index contributed by atoms with van der Waals surface area (Å²) in [6, 6.07) is 10.9. The summed E-state index contributed by atoms with van der Waals surface area (Å²) in [5, 5.41) is 5.36. The lowest BCUT2D eigenvalue weighted by Crippen LogP contribution is -2.60. The van der Waals surface area contributed by atoms with Crippen LogP contribution in [0.2, 0.25) is 0 Å². The molecule has 196 valence electrons. The first-order chi connectivity index (χ1) is 18.0. The van der Waals surface area contributed by atoms with Gasteiger partial charge in [-0.25, -0.2) is 4.90 Å². The third-order valence-corrected chi connectivity index (χ3v) is 7.30. The third kappa shape index (κ3) is 5.02. The third-order valence-electron chi connectivity index (χ3n) is 6.35. The molecule has 0 unspecified atom stereocenters. The zero-order chi connectivity index (χ0) is 26.5. The molecule has 0 aliphatic carbocycles. The van der Waals surface area contributed by atoms with Crippen LogP contribution in [-0.4, -0.2) is 43.1 Å². The number of amides is 1. The van der Waals surface area contributed by atoms with Crippen molar-refractivity contribution in [2.45, 2.75) is 50.9 Å². The maximum absolute atomic E-state index is 13.5. The highest BCUT2D eigenvalue weighted by atomic mass is 32.2. The molecule has 0 radical (unpaired) electrons. The topological polar surface area (TPSA) is 97.6 Å². The fourth-order valence-corrected chi connectivity index (χ4v) is 5.54. The number of rotatable bonds is 10. The molecule has 0 bridgehead atoms. The van der Waals surface area contributed by atoms with Gasteiger partial charge in [0, 0.05) is 17.8 Å². The summed E-state index contributed by atoms with van der Waals surface area (Å²) in [4.78, 5) is 31.3. The van der Waals surface area contributed by atoms with E-state index in [4.69, 9.17) is 19.3 Å². The predicted molar refractivity (Wildman–Crippen MR) is 143 cm³/mol. The maximum atomic E-state index is 13.5. The summed E-state index contributed by atoms with van der Waals surface area (Å²) in [6.45, 7) is 3.67. The number of carbonyl (C=O) groups is 1. The SMILES string of the molecule is CCCCCCSc1n[n+]2c(c(=O)[nH]1)-c1ccccc1N(C(C)=O)[C@@H]2c1ccc(OC)c(OC)c1OC. The molecule has 1 N–H and O–H groups in total. The maximum Gasteiger partial charge on any atom is 0.325 e. The Balaban J connectivity index is 1.94. The van der Waals surface area contributed by atoms with Gasteiger partial charge < -0.3 is 14.2 Å². The highest BCUT2D eigenvalue weighted by Crippen LogP contribution is 2.45. The summed E-state index contributed by atoms with van der Waals surface area (Å²) in [5.74, 6) is 1.90. The van der Waals surface area contributed by atoms with E-state index in [1.807, 2.05) is 30.3 Å². The van der Waals surface area contributed by atoms with E-state index in [2.05, 4.69) is 11.9 Å². The molecule has 1 aromatic heterocycles. The number of nitrogens with zero attached hydrogens (tertiary/aromatic N) is 3. The van der Waals surface area contributed by atoms with Crippen LogP contribution in [-0.2, 0) is 4.79 Å². The molecule has 1 amide bonds. The highest BCUT2D eigenvalue weighted by molar-refractivity contribution is 7.99. The smallest absolute Gasteiger partial charge is 0.325 e. The first kappa shape index (κ1) is 26.5. The van der Waals surface area contributed by atoms with Crippen LogP contribution in [0, 0.1) is 0 Å². The van der Waals surface area contributed by atoms with Gasteiger partial charge in [0.25, 0.3) is 6.17 Å². The van der Waals surface area contributed by atoms with Gasteiger partial charge in [-0.05, 0) is 35.4 Å². The second kappa shape index (κ2) is 11.7. The molecular weight excluding hydrogens is 492 g/mol. The second-order valence-corrected chi connectivity index (χ2v) is 9.75. The minimum Gasteiger partial charge on any atom is -0.493 e. The van der Waals surface area contributed by atoms with Crippen LogP contribution in [0.25, 0.3) is 11.3 Å². The number of aromatic amines is 1. The number of carbonyl (C=O) groups excluding carboxylic acids is 1. The fraction of sp³-hybridized carbons (Fsp3) is 0.407. The predicted octanol–water partition coefficient (Wildman–Crippen LogP) is 4.34. The first-order valence-corrected chi connectivity index (χ1v) is 13.3. The van der Waals surface area contributed by atoms with Crippen LogP contribution in [0.4, 0.5) is 5.69 Å². The average Bonchev–Trinajstić information content (AvgIpc) is 2.90. The lowest BCUT2D eigenvalue weighted by molar-refractivity contribution is -0.763. The first-order valence-electron chi connectivity index (χ1n) is 12.3. The molecule has 37 heavy (non-hydrogen) atoms. The fourth-order valence-electron chi connectivity index (χ4n) is 4.68. The van der Waals surface area contributed by atoms with Gasteiger partial charge in [-0.3, -0.25) is 14.6 Å². The number of hydrogen-bond acceptors (Lipinski definition) is 7. The van der Waals surface area contributed by atoms with Crippen molar-refractivity contribution >= 4 is 23.4 Å². The van der Waals surface area contributed by atoms with Crippen LogP contribution in [0.5, 0.6) is 17.2 Å². The number of unbranched alkanes of at least 4 members (excludes halogenated alkanes) is 3. The van der Waals surface area contributed by atoms with Crippen molar-refractivity contribution in [3.05, 3.63) is 52.3 Å². The molecule has 2 heterocycles. The Bertz CT molecular complexity index is 1340. The summed E-state index contributed by atoms with van der Waals surface area (Å²) in [6.07, 6.45) is 3.69. The Hall–Kier alpha value is -3.53. The van der Waals surface area contributed by atoms with Crippen molar-refractivity contribution in [1.82, 2.24) is 10.1 Å². The molecule has 3 aromatic rings. The summed E-state index contributed by atoms with van der Waals surface area (Å²) in [7, 11) is 4.61. The summed E-state index contributed by atoms with van der Waals surface area (Å²) in [5.41, 5.74) is 1.94. The number of nitrogens with one attached hydrogen (secondary N) is 1. The largest absolute Gasteiger partial charge is 0.493 e. The number of fused-ring (bicyclic) bond motifs is 3. The lowest BCUT2D eigenvalue weighted by Gasteiger charge is -2.32. The Labute approximate surface area is 220 Å². The highest BCUT2D eigenvalue weighted by Gasteiger charge is 2.46. The van der Waals surface area contributed by atoms with E-state index in [0.29, 0.717) is 44.9 Å². The van der Waals surface area contributed by atoms with Gasteiger partial charge in [-0.2, -0.15) is 0 Å². The summed E-state index contributed by atoms with van der Waals surface area (Å²) < 4.78 is 18.5. The Morgan fingerprint density at radius 1 is 1.05 bits per heavy atom. The molecule has 10 heteroatoms. The number of hydrogen-bond donors (Lipinski definition) is 1. The standard InChI is InChI=1S/C27H32N4O5S/c1-6-7-8-11-16-37-27-28-25(33)22-18-12-9-10-13-20(18)30(17(2)32)26(31(22)29-27)19-14-15-21(34-3)24(36-5)23(19)35-4/h9-10,12-15,26H,6-8,11,16H2,1-5H3/p+1/t26-/m0/s1. The monoisotopic (exact) mass is 525 g/mol. The van der Waals surface area contributed by atoms with Gasteiger partial charge in [0.15, 0.2) is 11.5 Å². The average molecular weight is 526 g/mol. The molecule has 1 aliphatic rings. The number of methoxy groups -OCH3 is 3. The van der Waals surface area contributed by atoms with E-state index >= 15 is 0 Å². The van der Waals surface area contributed by atoms with Crippen molar-refractivity contribution in [2.75, 3.05) is 32.0 Å². The van der Waals surface area contributed by atoms with Gasteiger partial charge in [0.1, 0.15) is 0 Å². The Kier molecular flexibility index (Phi) is 8.38. The quantitative estimate of drug-likeness (QED) is 0.239. The van der Waals surface area contributed by atoms with Crippen LogP contribution in [0.3, 0.4) is 0 Å². The van der Waals surface area contributed by atoms with Crippen molar-refractivity contribution in [3.8, 4) is 28.5 Å². The van der Waals surface area contributed by atoms with E-state index in [1.165, 1.54) is 39.3 Å². The van der Waals surface area contributed by atoms with Crippen LogP contribution >= 0.6 is 11.8 Å². The van der Waals surface area contributed by atoms with Gasteiger partial charge in [-0.15, -0.1) is 0 Å². The van der Waals surface area contributed by atoms with E-state index < -0.39 is 6.17 Å². The number of ether oxygens (including phenoxy) is 3. The van der Waals surface area contributed by atoms with E-state index in [0.717, 1.165) is 25.0 Å². The van der Waals surface area contributed by atoms with Crippen molar-refractivity contribution in [1.29, 1.82) is 0 Å². The van der Waals surface area contributed by atoms with Crippen molar-refractivity contribution in [2.24, 2.45) is 0 Å². The van der Waals surface area contributed by atoms with Gasteiger partial charge in [0.2, 0.25) is 16.8 Å². The zero-order valence-corrected chi connectivity index (χ0v) is 22.7. The Morgan fingerprint density at radius 2 is 1.81 bits per heavy atom. The molecule has 0 saturated heterocycles. The molecule has 2 aromatic carbocycles. The minimum atomic E-state index is -0.793. The number of para-hydroxylation sites is 1. The lowest BCUT2D eigenvalue weighted by atomic mass is 10.0. The van der Waals surface area contributed by atoms with E-state index in [-0.39, 0.29) is 11.5 Å². The molecule has 4 rings (SSSR count). The van der Waals surface area contributed by atoms with Gasteiger partial charge in [0.05, 0.1) is 38.1 Å². The number of anilines is 1. The van der Waals surface area contributed by atoms with Crippen molar-refractivity contribution in [3.63, 3.8) is 0 Å². The molecule has 0 saturated carbocycles. The molecule has 0 fully saturated rings. The summed E-state index contributed by atoms with van der Waals surface area (Å²) >= 11 is 1.50. The normalized spacial score (nSPS) is 14.1.